The normalized spacial score (nSPS) is 14.9. The highest BCUT2D eigenvalue weighted by Gasteiger charge is 2.29. The summed E-state index contributed by atoms with van der Waals surface area (Å²) in [6, 6.07) is 0. The number of hydrogen-bond acceptors (Lipinski definition) is 4. The first-order valence-corrected chi connectivity index (χ1v) is 4.88. The van der Waals surface area contributed by atoms with E-state index in [-0.39, 0.29) is 5.97 Å². The lowest BCUT2D eigenvalue weighted by atomic mass is 9.86. The molecule has 0 aliphatic rings. The monoisotopic (exact) mass is 226 g/mol. The summed E-state index contributed by atoms with van der Waals surface area (Å²) < 4.78 is 9.22. The van der Waals surface area contributed by atoms with Gasteiger partial charge in [0.15, 0.2) is 0 Å². The molecule has 0 aromatic rings. The number of hydrogen-bond donors (Lipinski definition) is 0. The minimum absolute atomic E-state index is 0.351. The highest BCUT2D eigenvalue weighted by Crippen LogP contribution is 2.25. The summed E-state index contributed by atoms with van der Waals surface area (Å²) in [7, 11) is 2.63. The SMILES string of the molecule is C=CC(C)(C/C=C(\C)C(=O)OC)C(=O)OC. The quantitative estimate of drug-likeness (QED) is 0.408. The third-order valence-corrected chi connectivity index (χ3v) is 2.44. The third kappa shape index (κ3) is 3.53. The van der Waals surface area contributed by atoms with Gasteiger partial charge in [0, 0.05) is 5.57 Å². The number of ether oxygens (including phenoxy) is 2. The highest BCUT2D eigenvalue weighted by atomic mass is 16.5. The summed E-state index contributed by atoms with van der Waals surface area (Å²) in [5.41, 5.74) is -0.358. The lowest BCUT2D eigenvalue weighted by molar-refractivity contribution is -0.148. The van der Waals surface area contributed by atoms with Crippen LogP contribution in [0.4, 0.5) is 0 Å². The highest BCUT2D eigenvalue weighted by molar-refractivity contribution is 5.87. The molecule has 4 heteroatoms. The molecule has 0 heterocycles. The molecule has 0 fully saturated rings. The Kier molecular flexibility index (Phi) is 5.50. The number of rotatable bonds is 5. The van der Waals surface area contributed by atoms with Crippen molar-refractivity contribution < 1.29 is 19.1 Å². The fourth-order valence-electron chi connectivity index (χ4n) is 1.09. The minimum Gasteiger partial charge on any atom is -0.468 e. The van der Waals surface area contributed by atoms with Crippen LogP contribution in [0.2, 0.25) is 0 Å². The Morgan fingerprint density at radius 1 is 1.31 bits per heavy atom. The molecule has 0 rings (SSSR count). The maximum Gasteiger partial charge on any atom is 0.333 e. The van der Waals surface area contributed by atoms with Gasteiger partial charge in [0.2, 0.25) is 0 Å². The van der Waals surface area contributed by atoms with Gasteiger partial charge >= 0.3 is 11.9 Å². The van der Waals surface area contributed by atoms with E-state index >= 15 is 0 Å². The number of esters is 2. The first-order chi connectivity index (χ1) is 7.41. The van der Waals surface area contributed by atoms with Crippen LogP contribution >= 0.6 is 0 Å². The third-order valence-electron chi connectivity index (χ3n) is 2.44. The van der Waals surface area contributed by atoms with E-state index in [0.717, 1.165) is 0 Å². The van der Waals surface area contributed by atoms with Gasteiger partial charge in [-0.2, -0.15) is 0 Å². The maximum atomic E-state index is 11.5. The van der Waals surface area contributed by atoms with Crippen molar-refractivity contribution in [2.45, 2.75) is 20.3 Å². The van der Waals surface area contributed by atoms with Crippen LogP contribution in [0, 0.1) is 5.41 Å². The van der Waals surface area contributed by atoms with E-state index in [2.05, 4.69) is 16.1 Å². The molecule has 0 aromatic carbocycles. The zero-order chi connectivity index (χ0) is 12.8. The second-order valence-corrected chi connectivity index (χ2v) is 3.70. The number of carbonyl (C=O) groups is 2. The molecule has 1 atom stereocenters. The Morgan fingerprint density at radius 2 is 1.88 bits per heavy atom. The van der Waals surface area contributed by atoms with Crippen LogP contribution < -0.4 is 0 Å². The Hall–Kier alpha value is -1.58. The predicted molar refractivity (Wildman–Crippen MR) is 60.7 cm³/mol. The van der Waals surface area contributed by atoms with Crippen LogP contribution in [0.5, 0.6) is 0 Å². The average molecular weight is 226 g/mol. The van der Waals surface area contributed by atoms with Crippen molar-refractivity contribution in [2.24, 2.45) is 5.41 Å². The molecular weight excluding hydrogens is 208 g/mol. The molecule has 0 bridgehead atoms. The lowest BCUT2D eigenvalue weighted by Crippen LogP contribution is -2.26. The van der Waals surface area contributed by atoms with Crippen molar-refractivity contribution >= 4 is 11.9 Å². The lowest BCUT2D eigenvalue weighted by Gasteiger charge is -2.20. The molecule has 1 unspecified atom stereocenters. The van der Waals surface area contributed by atoms with Crippen LogP contribution in [0.1, 0.15) is 20.3 Å². The fraction of sp³-hybridized carbons (Fsp3) is 0.500. The molecule has 0 aliphatic carbocycles. The average Bonchev–Trinajstić information content (AvgIpc) is 2.33. The Balaban J connectivity index is 4.75. The van der Waals surface area contributed by atoms with Crippen molar-refractivity contribution in [1.82, 2.24) is 0 Å². The smallest absolute Gasteiger partial charge is 0.333 e. The molecule has 0 radical (unpaired) electrons. The largest absolute Gasteiger partial charge is 0.468 e. The number of carbonyl (C=O) groups excluding carboxylic acids is 2. The molecule has 0 saturated carbocycles. The van der Waals surface area contributed by atoms with E-state index in [9.17, 15) is 9.59 Å². The summed E-state index contributed by atoms with van der Waals surface area (Å²) in [5, 5.41) is 0. The molecular formula is C12H18O4. The van der Waals surface area contributed by atoms with E-state index in [0.29, 0.717) is 12.0 Å². The van der Waals surface area contributed by atoms with Crippen molar-refractivity contribution in [3.63, 3.8) is 0 Å². The van der Waals surface area contributed by atoms with E-state index in [4.69, 9.17) is 0 Å². The van der Waals surface area contributed by atoms with Gasteiger partial charge in [-0.25, -0.2) is 4.79 Å². The van der Waals surface area contributed by atoms with Crippen molar-refractivity contribution in [2.75, 3.05) is 14.2 Å². The maximum absolute atomic E-state index is 11.5. The van der Waals surface area contributed by atoms with Crippen LogP contribution in [0.3, 0.4) is 0 Å². The molecule has 0 aliphatic heterocycles. The van der Waals surface area contributed by atoms with Crippen molar-refractivity contribution in [3.8, 4) is 0 Å². The Morgan fingerprint density at radius 3 is 2.25 bits per heavy atom. The van der Waals surface area contributed by atoms with Crippen molar-refractivity contribution in [1.29, 1.82) is 0 Å². The second-order valence-electron chi connectivity index (χ2n) is 3.70. The van der Waals surface area contributed by atoms with Crippen molar-refractivity contribution in [3.05, 3.63) is 24.3 Å². The van der Waals surface area contributed by atoms with Gasteiger partial charge in [0.25, 0.3) is 0 Å². The first-order valence-electron chi connectivity index (χ1n) is 4.88. The van der Waals surface area contributed by atoms with Gasteiger partial charge < -0.3 is 9.47 Å². The van der Waals surface area contributed by atoms with Gasteiger partial charge in [-0.15, -0.1) is 6.58 Å². The second kappa shape index (κ2) is 6.10. The van der Waals surface area contributed by atoms with Crippen LogP contribution in [-0.2, 0) is 19.1 Å². The van der Waals surface area contributed by atoms with Crippen LogP contribution in [0.15, 0.2) is 24.3 Å². The molecule has 16 heavy (non-hydrogen) atoms. The molecule has 0 amide bonds. The zero-order valence-corrected chi connectivity index (χ0v) is 10.2. The predicted octanol–water partition coefficient (Wildman–Crippen LogP) is 1.86. The van der Waals surface area contributed by atoms with Crippen LogP contribution in [-0.4, -0.2) is 26.2 Å². The summed E-state index contributed by atoms with van der Waals surface area (Å²) in [5.74, 6) is -0.785. The number of allylic oxidation sites excluding steroid dienone is 1. The summed E-state index contributed by atoms with van der Waals surface area (Å²) in [6.07, 6.45) is 3.51. The van der Waals surface area contributed by atoms with E-state index in [1.165, 1.54) is 20.3 Å². The summed E-state index contributed by atoms with van der Waals surface area (Å²) >= 11 is 0. The molecule has 90 valence electrons. The molecule has 0 saturated heterocycles. The first kappa shape index (κ1) is 14.4. The van der Waals surface area contributed by atoms with Gasteiger partial charge in [-0.05, 0) is 20.3 Å². The van der Waals surface area contributed by atoms with E-state index in [1.54, 1.807) is 19.9 Å². The fourth-order valence-corrected chi connectivity index (χ4v) is 1.09. The number of methoxy groups -OCH3 is 2. The molecule has 0 N–H and O–H groups in total. The molecule has 4 nitrogen and oxygen atoms in total. The zero-order valence-electron chi connectivity index (χ0n) is 10.2. The molecule has 0 aromatic heterocycles. The summed E-state index contributed by atoms with van der Waals surface area (Å²) in [6.45, 7) is 6.93. The van der Waals surface area contributed by atoms with Gasteiger partial charge in [-0.3, -0.25) is 4.79 Å². The Bertz CT molecular complexity index is 317. The van der Waals surface area contributed by atoms with Gasteiger partial charge in [-0.1, -0.05) is 12.2 Å². The summed E-state index contributed by atoms with van der Waals surface area (Å²) in [4.78, 5) is 22.6. The molecule has 0 spiro atoms. The Labute approximate surface area is 95.9 Å². The minimum atomic E-state index is -0.815. The van der Waals surface area contributed by atoms with E-state index < -0.39 is 11.4 Å². The van der Waals surface area contributed by atoms with Gasteiger partial charge in [0.05, 0.1) is 19.6 Å². The van der Waals surface area contributed by atoms with Crippen LogP contribution in [0.25, 0.3) is 0 Å². The topological polar surface area (TPSA) is 52.6 Å². The van der Waals surface area contributed by atoms with E-state index in [1.807, 2.05) is 0 Å². The van der Waals surface area contributed by atoms with Gasteiger partial charge in [0.1, 0.15) is 0 Å². The standard InChI is InChI=1S/C12H18O4/c1-6-12(3,11(14)16-5)8-7-9(2)10(13)15-4/h6-7H,1,8H2,2-5H3/b9-7+.